The Balaban J connectivity index is 1.30. The lowest BCUT2D eigenvalue weighted by molar-refractivity contribution is 0.242. The summed E-state index contributed by atoms with van der Waals surface area (Å²) >= 11 is 1.73. The molecule has 2 amide bonds. The number of para-hydroxylation sites is 1. The molecule has 7 heteroatoms. The minimum Gasteiger partial charge on any atom is -0.383 e. The Kier molecular flexibility index (Phi) is 4.79. The number of nitrogens with two attached hydrogens (primary N) is 1. The van der Waals surface area contributed by atoms with Gasteiger partial charge in [-0.1, -0.05) is 18.2 Å². The number of anilines is 2. The summed E-state index contributed by atoms with van der Waals surface area (Å²) in [5, 5.41) is 9.29. The van der Waals surface area contributed by atoms with Gasteiger partial charge in [0, 0.05) is 17.8 Å². The van der Waals surface area contributed by atoms with Gasteiger partial charge >= 0.3 is 6.03 Å². The molecular weight excluding hydrogens is 346 g/mol. The summed E-state index contributed by atoms with van der Waals surface area (Å²) in [7, 11) is 0. The lowest BCUT2D eigenvalue weighted by Crippen LogP contribution is -2.46. The molecule has 1 aromatic carbocycles. The van der Waals surface area contributed by atoms with E-state index in [0.29, 0.717) is 18.5 Å². The number of rotatable bonds is 3. The summed E-state index contributed by atoms with van der Waals surface area (Å²) in [5.41, 5.74) is 7.87. The first-order chi connectivity index (χ1) is 12.7. The summed E-state index contributed by atoms with van der Waals surface area (Å²) < 4.78 is 0. The van der Waals surface area contributed by atoms with Gasteiger partial charge in [-0.05, 0) is 49.3 Å². The highest BCUT2D eigenvalue weighted by atomic mass is 32.1. The highest BCUT2D eigenvalue weighted by molar-refractivity contribution is 7.14. The van der Waals surface area contributed by atoms with Crippen molar-refractivity contribution in [2.24, 2.45) is 10.7 Å². The first-order valence-electron chi connectivity index (χ1n) is 8.97. The quantitative estimate of drug-likeness (QED) is 0.776. The molecule has 136 valence electrons. The Hall–Kier alpha value is -2.54. The van der Waals surface area contributed by atoms with Gasteiger partial charge in [-0.3, -0.25) is 0 Å². The van der Waals surface area contributed by atoms with Crippen LogP contribution in [0, 0.1) is 0 Å². The zero-order valence-electron chi connectivity index (χ0n) is 14.5. The van der Waals surface area contributed by atoms with Crippen LogP contribution >= 0.6 is 11.3 Å². The van der Waals surface area contributed by atoms with E-state index < -0.39 is 0 Å². The Labute approximate surface area is 157 Å². The maximum Gasteiger partial charge on any atom is 0.319 e. The van der Waals surface area contributed by atoms with E-state index in [9.17, 15) is 4.79 Å². The third-order valence-electron chi connectivity index (χ3n) is 5.08. The van der Waals surface area contributed by atoms with E-state index in [1.807, 2.05) is 36.4 Å². The third kappa shape index (κ3) is 3.53. The lowest BCUT2D eigenvalue weighted by Gasteiger charge is -2.38. The maximum absolute atomic E-state index is 12.2. The summed E-state index contributed by atoms with van der Waals surface area (Å²) in [4.78, 5) is 19.0. The van der Waals surface area contributed by atoms with Crippen LogP contribution in [0.3, 0.4) is 0 Å². The van der Waals surface area contributed by atoms with E-state index in [-0.39, 0.29) is 12.1 Å². The number of nitrogens with one attached hydrogen (secondary N) is 2. The smallest absolute Gasteiger partial charge is 0.319 e. The number of hydrogen-bond acceptors (Lipinski definition) is 5. The number of carbonyl (C=O) groups is 1. The van der Waals surface area contributed by atoms with Crippen molar-refractivity contribution in [3.63, 3.8) is 0 Å². The summed E-state index contributed by atoms with van der Waals surface area (Å²) in [6.45, 7) is 0.636. The minimum absolute atomic E-state index is 0.129. The molecule has 0 radical (unpaired) electrons. The summed E-state index contributed by atoms with van der Waals surface area (Å²) in [6.07, 6.45) is 4.04. The number of amidine groups is 1. The molecule has 2 heterocycles. The molecule has 0 bridgehead atoms. The van der Waals surface area contributed by atoms with E-state index in [1.165, 1.54) is 5.00 Å². The molecule has 1 aromatic heterocycles. The van der Waals surface area contributed by atoms with Gasteiger partial charge in [-0.2, -0.15) is 0 Å². The van der Waals surface area contributed by atoms with Crippen molar-refractivity contribution in [1.82, 2.24) is 5.32 Å². The Morgan fingerprint density at radius 2 is 1.92 bits per heavy atom. The van der Waals surface area contributed by atoms with E-state index in [0.717, 1.165) is 36.9 Å². The van der Waals surface area contributed by atoms with Crippen molar-refractivity contribution in [1.29, 1.82) is 0 Å². The Morgan fingerprint density at radius 1 is 1.15 bits per heavy atom. The van der Waals surface area contributed by atoms with Gasteiger partial charge in [0.2, 0.25) is 0 Å². The molecule has 2 aliphatic rings. The van der Waals surface area contributed by atoms with E-state index in [1.54, 1.807) is 11.3 Å². The van der Waals surface area contributed by atoms with Crippen LogP contribution in [0.15, 0.2) is 46.8 Å². The Bertz CT molecular complexity index is 795. The molecule has 6 nitrogen and oxygen atoms in total. The lowest BCUT2D eigenvalue weighted by atomic mass is 9.90. The molecule has 1 saturated carbocycles. The second kappa shape index (κ2) is 7.37. The van der Waals surface area contributed by atoms with Crippen LogP contribution in [0.25, 0.3) is 0 Å². The number of benzene rings is 1. The standard InChI is InChI=1S/C19H23N5OS/c20-17-16-10-11-26-18(16)24(12-21-17)15-8-6-14(7-9-15)23-19(25)22-13-4-2-1-3-5-13/h1-5,10-11,14-15H,6-9,12H2,(H2,20,21)(H2,22,23,25). The molecule has 1 aliphatic carbocycles. The van der Waals surface area contributed by atoms with Crippen molar-refractivity contribution in [3.8, 4) is 0 Å². The molecule has 0 atom stereocenters. The van der Waals surface area contributed by atoms with Gasteiger partial charge in [0.1, 0.15) is 17.5 Å². The topological polar surface area (TPSA) is 82.8 Å². The fraction of sp³-hybridized carbons (Fsp3) is 0.368. The Morgan fingerprint density at radius 3 is 2.69 bits per heavy atom. The molecule has 4 rings (SSSR count). The van der Waals surface area contributed by atoms with Gasteiger partial charge in [0.25, 0.3) is 0 Å². The van der Waals surface area contributed by atoms with Crippen LogP contribution in [0.2, 0.25) is 0 Å². The first kappa shape index (κ1) is 16.9. The van der Waals surface area contributed by atoms with Crippen LogP contribution in [-0.2, 0) is 0 Å². The van der Waals surface area contributed by atoms with Crippen molar-refractivity contribution in [2.75, 3.05) is 16.9 Å². The predicted molar refractivity (Wildman–Crippen MR) is 107 cm³/mol. The molecule has 2 aromatic rings. The summed E-state index contributed by atoms with van der Waals surface area (Å²) in [6, 6.07) is 12.1. The van der Waals surface area contributed by atoms with Crippen LogP contribution in [-0.4, -0.2) is 30.6 Å². The number of fused-ring (bicyclic) bond motifs is 1. The van der Waals surface area contributed by atoms with Gasteiger partial charge in [0.05, 0.1) is 5.56 Å². The fourth-order valence-corrected chi connectivity index (χ4v) is 4.68. The summed E-state index contributed by atoms with van der Waals surface area (Å²) in [5.74, 6) is 0.644. The molecule has 1 aliphatic heterocycles. The molecule has 0 unspecified atom stereocenters. The van der Waals surface area contributed by atoms with Gasteiger partial charge in [-0.15, -0.1) is 11.3 Å². The van der Waals surface area contributed by atoms with E-state index in [2.05, 4.69) is 25.9 Å². The van der Waals surface area contributed by atoms with Crippen molar-refractivity contribution in [2.45, 2.75) is 37.8 Å². The fourth-order valence-electron chi connectivity index (χ4n) is 3.71. The number of urea groups is 1. The van der Waals surface area contributed by atoms with E-state index >= 15 is 0 Å². The van der Waals surface area contributed by atoms with E-state index in [4.69, 9.17) is 5.73 Å². The molecular formula is C19H23N5OS. The average molecular weight is 369 g/mol. The SMILES string of the molecule is NC1=NCN(C2CCC(NC(=O)Nc3ccccc3)CC2)c2sccc21. The zero-order chi connectivity index (χ0) is 17.9. The average Bonchev–Trinajstić information content (AvgIpc) is 3.14. The number of thiophene rings is 1. The minimum atomic E-state index is -0.129. The number of hydrogen-bond donors (Lipinski definition) is 3. The largest absolute Gasteiger partial charge is 0.383 e. The number of amides is 2. The molecule has 0 saturated heterocycles. The second-order valence-electron chi connectivity index (χ2n) is 6.76. The molecule has 1 fully saturated rings. The number of nitrogens with zero attached hydrogens (tertiary/aromatic N) is 2. The zero-order valence-corrected chi connectivity index (χ0v) is 15.3. The molecule has 0 spiro atoms. The van der Waals surface area contributed by atoms with Crippen LogP contribution in [0.1, 0.15) is 31.2 Å². The third-order valence-corrected chi connectivity index (χ3v) is 6.03. The predicted octanol–water partition coefficient (Wildman–Crippen LogP) is 3.36. The number of carbonyl (C=O) groups excluding carboxylic acids is 1. The molecule has 4 N–H and O–H groups in total. The van der Waals surface area contributed by atoms with Crippen molar-refractivity contribution >= 4 is 33.9 Å². The maximum atomic E-state index is 12.2. The highest BCUT2D eigenvalue weighted by Gasteiger charge is 2.30. The van der Waals surface area contributed by atoms with Gasteiger partial charge < -0.3 is 21.3 Å². The van der Waals surface area contributed by atoms with Gasteiger partial charge in [0.15, 0.2) is 0 Å². The second-order valence-corrected chi connectivity index (χ2v) is 7.66. The molecule has 26 heavy (non-hydrogen) atoms. The monoisotopic (exact) mass is 369 g/mol. The van der Waals surface area contributed by atoms with Crippen LogP contribution < -0.4 is 21.3 Å². The van der Waals surface area contributed by atoms with Crippen molar-refractivity contribution < 1.29 is 4.79 Å². The van der Waals surface area contributed by atoms with Gasteiger partial charge in [-0.25, -0.2) is 9.79 Å². The normalized spacial score (nSPS) is 22.3. The number of aliphatic imine (C=N–C) groups is 1. The van der Waals surface area contributed by atoms with Crippen molar-refractivity contribution in [3.05, 3.63) is 47.3 Å². The van der Waals surface area contributed by atoms with Crippen LogP contribution in [0.4, 0.5) is 15.5 Å². The first-order valence-corrected chi connectivity index (χ1v) is 9.85. The highest BCUT2D eigenvalue weighted by Crippen LogP contribution is 2.35. The van der Waals surface area contributed by atoms with Crippen LogP contribution in [0.5, 0.6) is 0 Å².